The minimum Gasteiger partial charge on any atom is -0.508 e. The van der Waals surface area contributed by atoms with Crippen molar-refractivity contribution in [2.75, 3.05) is 27.2 Å². The Morgan fingerprint density at radius 3 is 2.26 bits per heavy atom. The van der Waals surface area contributed by atoms with Crippen LogP contribution in [0.15, 0.2) is 67.3 Å². The predicted octanol–water partition coefficient (Wildman–Crippen LogP) is 3.98. The van der Waals surface area contributed by atoms with Crippen molar-refractivity contribution in [3.8, 4) is 5.75 Å². The van der Waals surface area contributed by atoms with E-state index in [4.69, 9.17) is 4.74 Å². The van der Waals surface area contributed by atoms with Crippen molar-refractivity contribution >= 4 is 0 Å². The molecule has 0 radical (unpaired) electrons. The van der Waals surface area contributed by atoms with Crippen LogP contribution in [-0.2, 0) is 4.74 Å². The Morgan fingerprint density at radius 1 is 1.04 bits per heavy atom. The minimum absolute atomic E-state index is 0.0279. The number of aromatic hydroxyl groups is 1. The Bertz CT molecular complexity index is 593. The summed E-state index contributed by atoms with van der Waals surface area (Å²) in [5, 5.41) is 9.51. The van der Waals surface area contributed by atoms with Gasteiger partial charge in [0.05, 0.1) is 12.7 Å². The van der Waals surface area contributed by atoms with E-state index < -0.39 is 0 Å². The third-order valence-electron chi connectivity index (χ3n) is 3.82. The molecule has 0 fully saturated rings. The molecule has 0 amide bonds. The first kappa shape index (κ1) is 17.3. The van der Waals surface area contributed by atoms with Gasteiger partial charge in [-0.1, -0.05) is 48.5 Å². The highest BCUT2D eigenvalue weighted by Gasteiger charge is 2.23. The van der Waals surface area contributed by atoms with Gasteiger partial charge in [0.1, 0.15) is 5.75 Å². The van der Waals surface area contributed by atoms with Crippen LogP contribution < -0.4 is 0 Å². The van der Waals surface area contributed by atoms with Crippen molar-refractivity contribution < 1.29 is 9.84 Å². The average Bonchev–Trinajstić information content (AvgIpc) is 2.56. The van der Waals surface area contributed by atoms with Crippen LogP contribution in [0.4, 0.5) is 0 Å². The second-order valence-electron chi connectivity index (χ2n) is 5.86. The van der Waals surface area contributed by atoms with Gasteiger partial charge in [0.15, 0.2) is 0 Å². The smallest absolute Gasteiger partial charge is 0.115 e. The molecule has 2 rings (SSSR count). The molecule has 23 heavy (non-hydrogen) atoms. The molecule has 2 aromatic rings. The summed E-state index contributed by atoms with van der Waals surface area (Å²) in [7, 11) is 4.07. The molecule has 0 spiro atoms. The van der Waals surface area contributed by atoms with E-state index in [0.717, 1.165) is 17.7 Å². The fourth-order valence-electron chi connectivity index (χ4n) is 2.54. The number of rotatable bonds is 8. The number of benzene rings is 2. The van der Waals surface area contributed by atoms with Gasteiger partial charge >= 0.3 is 0 Å². The van der Waals surface area contributed by atoms with E-state index in [-0.39, 0.29) is 17.8 Å². The Balaban J connectivity index is 2.26. The summed E-state index contributed by atoms with van der Waals surface area (Å²) in [6, 6.07) is 17.5. The SMILES string of the molecule is C=CC(c1ccc(O)cc1)C(OCCN(C)C)c1ccccc1. The maximum absolute atomic E-state index is 9.51. The first-order chi connectivity index (χ1) is 11.1. The largest absolute Gasteiger partial charge is 0.508 e. The highest BCUT2D eigenvalue weighted by molar-refractivity contribution is 5.33. The van der Waals surface area contributed by atoms with Crippen LogP contribution in [0.2, 0.25) is 0 Å². The van der Waals surface area contributed by atoms with Crippen molar-refractivity contribution in [1.82, 2.24) is 4.90 Å². The molecule has 0 heterocycles. The van der Waals surface area contributed by atoms with Crippen molar-refractivity contribution in [1.29, 1.82) is 0 Å². The number of nitrogens with zero attached hydrogens (tertiary/aromatic N) is 1. The Hall–Kier alpha value is -2.10. The first-order valence-electron chi connectivity index (χ1n) is 7.84. The molecule has 0 aliphatic rings. The number of phenolic OH excluding ortho intramolecular Hbond substituents is 1. The van der Waals surface area contributed by atoms with Crippen LogP contribution in [0, 0.1) is 0 Å². The zero-order valence-electron chi connectivity index (χ0n) is 13.9. The summed E-state index contributed by atoms with van der Waals surface area (Å²) in [6.07, 6.45) is 1.82. The van der Waals surface area contributed by atoms with Gasteiger partial charge in [-0.05, 0) is 37.4 Å². The fraction of sp³-hybridized carbons (Fsp3) is 0.300. The molecule has 1 N–H and O–H groups in total. The van der Waals surface area contributed by atoms with Crippen molar-refractivity contribution in [3.63, 3.8) is 0 Å². The number of likely N-dealkylation sites (N-methyl/N-ethyl adjacent to an activating group) is 1. The highest BCUT2D eigenvalue weighted by atomic mass is 16.5. The van der Waals surface area contributed by atoms with E-state index in [9.17, 15) is 5.11 Å². The lowest BCUT2D eigenvalue weighted by Gasteiger charge is -2.26. The molecular formula is C20H25NO2. The van der Waals surface area contributed by atoms with Gasteiger partial charge in [-0.2, -0.15) is 0 Å². The molecule has 3 heteroatoms. The van der Waals surface area contributed by atoms with Gasteiger partial charge in [0, 0.05) is 12.5 Å². The molecule has 0 aliphatic heterocycles. The van der Waals surface area contributed by atoms with E-state index in [1.54, 1.807) is 12.1 Å². The quantitative estimate of drug-likeness (QED) is 0.749. The van der Waals surface area contributed by atoms with Gasteiger partial charge in [-0.3, -0.25) is 0 Å². The Morgan fingerprint density at radius 2 is 1.70 bits per heavy atom. The lowest BCUT2D eigenvalue weighted by molar-refractivity contribution is 0.0343. The summed E-state index contributed by atoms with van der Waals surface area (Å²) >= 11 is 0. The van der Waals surface area contributed by atoms with E-state index in [1.807, 2.05) is 50.5 Å². The summed E-state index contributed by atoms with van der Waals surface area (Å²) in [4.78, 5) is 2.10. The topological polar surface area (TPSA) is 32.7 Å². The van der Waals surface area contributed by atoms with Gasteiger partial charge in [0.2, 0.25) is 0 Å². The van der Waals surface area contributed by atoms with Gasteiger partial charge < -0.3 is 14.7 Å². The second-order valence-corrected chi connectivity index (χ2v) is 5.86. The molecule has 0 saturated carbocycles. The summed E-state index contributed by atoms with van der Waals surface area (Å²) in [5.74, 6) is 0.293. The predicted molar refractivity (Wildman–Crippen MR) is 94.7 cm³/mol. The minimum atomic E-state index is -0.0989. The Labute approximate surface area is 138 Å². The van der Waals surface area contributed by atoms with Gasteiger partial charge in [-0.15, -0.1) is 6.58 Å². The molecule has 2 atom stereocenters. The van der Waals surface area contributed by atoms with Gasteiger partial charge in [-0.25, -0.2) is 0 Å². The lowest BCUT2D eigenvalue weighted by atomic mass is 9.89. The van der Waals surface area contributed by atoms with Crippen LogP contribution in [0.25, 0.3) is 0 Å². The summed E-state index contributed by atoms with van der Waals surface area (Å²) < 4.78 is 6.20. The van der Waals surface area contributed by atoms with Crippen molar-refractivity contribution in [2.45, 2.75) is 12.0 Å². The molecule has 0 aromatic heterocycles. The van der Waals surface area contributed by atoms with Crippen LogP contribution >= 0.6 is 0 Å². The number of phenols is 1. The molecule has 0 saturated heterocycles. The standard InChI is InChI=1S/C20H25NO2/c1-4-19(16-10-12-18(22)13-11-16)20(23-15-14-21(2)3)17-8-6-5-7-9-17/h4-13,19-20,22H,1,14-15H2,2-3H3. The third-order valence-corrected chi connectivity index (χ3v) is 3.82. The normalized spacial score (nSPS) is 13.7. The third kappa shape index (κ3) is 4.95. The maximum Gasteiger partial charge on any atom is 0.115 e. The zero-order chi connectivity index (χ0) is 16.7. The molecular weight excluding hydrogens is 286 g/mol. The monoisotopic (exact) mass is 311 g/mol. The average molecular weight is 311 g/mol. The molecule has 2 unspecified atom stereocenters. The van der Waals surface area contributed by atoms with Crippen LogP contribution in [0.1, 0.15) is 23.1 Å². The number of ether oxygens (including phenoxy) is 1. The Kier molecular flexibility index (Phi) is 6.39. The maximum atomic E-state index is 9.51. The summed E-state index contributed by atoms with van der Waals surface area (Å²) in [6.45, 7) is 5.51. The first-order valence-corrected chi connectivity index (χ1v) is 7.84. The highest BCUT2D eigenvalue weighted by Crippen LogP contribution is 2.35. The van der Waals surface area contributed by atoms with E-state index in [2.05, 4.69) is 23.6 Å². The molecule has 122 valence electrons. The van der Waals surface area contributed by atoms with E-state index in [0.29, 0.717) is 6.61 Å². The van der Waals surface area contributed by atoms with Gasteiger partial charge in [0.25, 0.3) is 0 Å². The number of hydrogen-bond acceptors (Lipinski definition) is 3. The molecule has 2 aromatic carbocycles. The van der Waals surface area contributed by atoms with Crippen molar-refractivity contribution in [2.24, 2.45) is 0 Å². The molecule has 0 bridgehead atoms. The number of hydrogen-bond donors (Lipinski definition) is 1. The van der Waals surface area contributed by atoms with E-state index in [1.165, 1.54) is 0 Å². The fourth-order valence-corrected chi connectivity index (χ4v) is 2.54. The zero-order valence-corrected chi connectivity index (χ0v) is 13.9. The van der Waals surface area contributed by atoms with Crippen LogP contribution in [0.3, 0.4) is 0 Å². The van der Waals surface area contributed by atoms with Crippen LogP contribution in [0.5, 0.6) is 5.75 Å². The van der Waals surface area contributed by atoms with Crippen LogP contribution in [-0.4, -0.2) is 37.3 Å². The van der Waals surface area contributed by atoms with E-state index >= 15 is 0 Å². The second kappa shape index (κ2) is 8.51. The molecule has 3 nitrogen and oxygen atoms in total. The summed E-state index contributed by atoms with van der Waals surface area (Å²) in [5.41, 5.74) is 2.21. The lowest BCUT2D eigenvalue weighted by Crippen LogP contribution is -2.21. The molecule has 0 aliphatic carbocycles. The van der Waals surface area contributed by atoms with Crippen molar-refractivity contribution in [3.05, 3.63) is 78.4 Å².